The molecular formula is C14H21N5O3. The van der Waals surface area contributed by atoms with Crippen LogP contribution in [0.2, 0.25) is 0 Å². The number of hydrogen-bond donors (Lipinski definition) is 3. The van der Waals surface area contributed by atoms with E-state index in [0.29, 0.717) is 18.3 Å². The zero-order valence-corrected chi connectivity index (χ0v) is 12.8. The molecule has 0 aliphatic carbocycles. The van der Waals surface area contributed by atoms with Crippen LogP contribution in [0.25, 0.3) is 0 Å². The van der Waals surface area contributed by atoms with Crippen LogP contribution in [0.15, 0.2) is 16.4 Å². The van der Waals surface area contributed by atoms with Crippen LogP contribution in [-0.4, -0.2) is 48.1 Å². The molecule has 8 heteroatoms. The molecule has 3 rings (SSSR count). The Morgan fingerprint density at radius 1 is 1.50 bits per heavy atom. The molecule has 2 fully saturated rings. The van der Waals surface area contributed by atoms with Gasteiger partial charge in [-0.3, -0.25) is 20.3 Å². The number of allylic oxidation sites excluding steroid dienone is 1. The molecule has 2 amide bonds. The van der Waals surface area contributed by atoms with Crippen LogP contribution in [0.1, 0.15) is 33.1 Å². The van der Waals surface area contributed by atoms with Crippen molar-refractivity contribution >= 4 is 17.8 Å². The van der Waals surface area contributed by atoms with Crippen molar-refractivity contribution in [2.24, 2.45) is 4.99 Å². The van der Waals surface area contributed by atoms with Gasteiger partial charge in [-0.05, 0) is 32.3 Å². The van der Waals surface area contributed by atoms with Crippen LogP contribution in [0.3, 0.4) is 0 Å². The summed E-state index contributed by atoms with van der Waals surface area (Å²) >= 11 is 0. The molecular weight excluding hydrogens is 286 g/mol. The molecule has 0 radical (unpaired) electrons. The van der Waals surface area contributed by atoms with Gasteiger partial charge in [0.1, 0.15) is 11.9 Å². The first-order valence-electron chi connectivity index (χ1n) is 7.56. The van der Waals surface area contributed by atoms with Gasteiger partial charge in [-0.2, -0.15) is 4.99 Å². The van der Waals surface area contributed by atoms with E-state index in [4.69, 9.17) is 4.74 Å². The molecule has 0 aromatic rings. The average Bonchev–Trinajstić information content (AvgIpc) is 3.12. The molecule has 0 spiro atoms. The zero-order valence-electron chi connectivity index (χ0n) is 12.8. The molecule has 8 nitrogen and oxygen atoms in total. The minimum Gasteiger partial charge on any atom is -0.376 e. The third-order valence-corrected chi connectivity index (χ3v) is 3.92. The van der Waals surface area contributed by atoms with E-state index in [1.54, 1.807) is 5.01 Å². The van der Waals surface area contributed by atoms with Gasteiger partial charge < -0.3 is 10.1 Å². The number of rotatable bonds is 3. The summed E-state index contributed by atoms with van der Waals surface area (Å²) in [5.74, 6) is 0.642. The molecule has 3 aliphatic heterocycles. The predicted molar refractivity (Wildman–Crippen MR) is 79.3 cm³/mol. The van der Waals surface area contributed by atoms with Crippen LogP contribution in [0.4, 0.5) is 0 Å². The molecule has 0 aromatic heterocycles. The summed E-state index contributed by atoms with van der Waals surface area (Å²) in [6.45, 7) is 5.06. The van der Waals surface area contributed by atoms with E-state index in [1.165, 1.54) is 0 Å². The van der Waals surface area contributed by atoms with Gasteiger partial charge in [0.2, 0.25) is 17.8 Å². The lowest BCUT2D eigenvalue weighted by atomic mass is 10.1. The quantitative estimate of drug-likeness (QED) is 0.659. The Kier molecular flexibility index (Phi) is 4.02. The summed E-state index contributed by atoms with van der Waals surface area (Å²) in [4.78, 5) is 28.5. The first-order chi connectivity index (χ1) is 10.5. The summed E-state index contributed by atoms with van der Waals surface area (Å²) in [6.07, 6.45) is 2.16. The van der Waals surface area contributed by atoms with Crippen molar-refractivity contribution in [3.63, 3.8) is 0 Å². The maximum absolute atomic E-state index is 12.4. The molecule has 0 unspecified atom stereocenters. The van der Waals surface area contributed by atoms with Gasteiger partial charge in [-0.25, -0.2) is 5.01 Å². The topological polar surface area (TPSA) is 95.1 Å². The second-order valence-electron chi connectivity index (χ2n) is 5.91. The van der Waals surface area contributed by atoms with Crippen molar-refractivity contribution < 1.29 is 14.3 Å². The Morgan fingerprint density at radius 3 is 3.00 bits per heavy atom. The minimum absolute atomic E-state index is 0.0781. The van der Waals surface area contributed by atoms with Gasteiger partial charge in [0.05, 0.1) is 12.5 Å². The van der Waals surface area contributed by atoms with Crippen LogP contribution in [0.5, 0.6) is 0 Å². The second kappa shape index (κ2) is 5.96. The van der Waals surface area contributed by atoms with Crippen LogP contribution >= 0.6 is 0 Å². The highest BCUT2D eigenvalue weighted by molar-refractivity contribution is 6.05. The minimum atomic E-state index is -0.606. The summed E-state index contributed by atoms with van der Waals surface area (Å²) < 4.78 is 5.49. The molecule has 2 saturated heterocycles. The third-order valence-electron chi connectivity index (χ3n) is 3.92. The number of hydrazine groups is 1. The fourth-order valence-corrected chi connectivity index (χ4v) is 2.68. The Morgan fingerprint density at radius 2 is 2.32 bits per heavy atom. The van der Waals surface area contributed by atoms with E-state index < -0.39 is 6.04 Å². The van der Waals surface area contributed by atoms with Gasteiger partial charge in [-0.15, -0.1) is 0 Å². The van der Waals surface area contributed by atoms with Crippen molar-refractivity contribution in [1.29, 1.82) is 0 Å². The maximum atomic E-state index is 12.4. The molecule has 22 heavy (non-hydrogen) atoms. The fraction of sp³-hybridized carbons (Fsp3) is 0.643. The average molecular weight is 307 g/mol. The van der Waals surface area contributed by atoms with E-state index in [2.05, 4.69) is 21.1 Å². The number of ether oxygens (including phenoxy) is 1. The number of aliphatic imine (C=N–C) groups is 1. The Balaban J connectivity index is 1.67. The van der Waals surface area contributed by atoms with Crippen LogP contribution in [0, 0.1) is 0 Å². The van der Waals surface area contributed by atoms with Crippen molar-refractivity contribution in [1.82, 2.24) is 21.1 Å². The first-order valence-corrected chi connectivity index (χ1v) is 7.56. The number of hydrogen-bond acceptors (Lipinski definition) is 6. The zero-order chi connectivity index (χ0) is 15.7. The van der Waals surface area contributed by atoms with Crippen LogP contribution in [-0.2, 0) is 14.3 Å². The normalized spacial score (nSPS) is 27.0. The van der Waals surface area contributed by atoms with Gasteiger partial charge >= 0.3 is 0 Å². The van der Waals surface area contributed by atoms with Gasteiger partial charge in [0.15, 0.2) is 0 Å². The predicted octanol–water partition coefficient (Wildman–Crippen LogP) is -0.402. The third kappa shape index (κ3) is 2.92. The van der Waals surface area contributed by atoms with Crippen molar-refractivity contribution in [3.8, 4) is 0 Å². The Bertz CT molecular complexity index is 547. The smallest absolute Gasteiger partial charge is 0.245 e. The van der Waals surface area contributed by atoms with Gasteiger partial charge in [0.25, 0.3) is 0 Å². The highest BCUT2D eigenvalue weighted by Crippen LogP contribution is 2.18. The Labute approximate surface area is 128 Å². The van der Waals surface area contributed by atoms with E-state index in [-0.39, 0.29) is 24.3 Å². The lowest BCUT2D eigenvalue weighted by Crippen LogP contribution is -2.62. The SMILES string of the molecule is CC(C)=C1N=C2NC(=O)C[C@H](C(=O)NC[C@@H]3CCCO3)N2N1. The maximum Gasteiger partial charge on any atom is 0.245 e. The highest BCUT2D eigenvalue weighted by atomic mass is 16.5. The standard InChI is InChI=1S/C14H21N5O3/c1-8(2)12-17-14-16-11(20)6-10(19(14)18-12)13(21)15-7-9-4-3-5-22-9/h9-10,18H,3-7H2,1-2H3,(H,15,21)(H,16,17,20)/t9-,10+/m0/s1. The summed E-state index contributed by atoms with van der Waals surface area (Å²) in [5.41, 5.74) is 4.06. The summed E-state index contributed by atoms with van der Waals surface area (Å²) in [7, 11) is 0. The van der Waals surface area contributed by atoms with Crippen LogP contribution < -0.4 is 16.1 Å². The van der Waals surface area contributed by atoms with Crippen molar-refractivity contribution in [2.75, 3.05) is 13.2 Å². The molecule has 3 N–H and O–H groups in total. The molecule has 120 valence electrons. The fourth-order valence-electron chi connectivity index (χ4n) is 2.68. The molecule has 0 aromatic carbocycles. The number of amides is 2. The summed E-state index contributed by atoms with van der Waals surface area (Å²) in [6, 6.07) is -0.606. The number of nitrogens with zero attached hydrogens (tertiary/aromatic N) is 2. The first kappa shape index (κ1) is 14.8. The molecule has 3 heterocycles. The number of nitrogens with one attached hydrogen (secondary N) is 3. The number of fused-ring (bicyclic) bond motifs is 1. The van der Waals surface area contributed by atoms with E-state index >= 15 is 0 Å². The highest BCUT2D eigenvalue weighted by Gasteiger charge is 2.39. The lowest BCUT2D eigenvalue weighted by molar-refractivity contribution is -0.132. The number of carbonyl (C=O) groups excluding carboxylic acids is 2. The van der Waals surface area contributed by atoms with E-state index in [9.17, 15) is 9.59 Å². The monoisotopic (exact) mass is 307 g/mol. The molecule has 2 atom stereocenters. The largest absolute Gasteiger partial charge is 0.376 e. The van der Waals surface area contributed by atoms with E-state index in [0.717, 1.165) is 25.0 Å². The molecule has 3 aliphatic rings. The number of guanidine groups is 1. The molecule has 0 bridgehead atoms. The van der Waals surface area contributed by atoms with Gasteiger partial charge in [-0.1, -0.05) is 0 Å². The Hall–Kier alpha value is -2.09. The second-order valence-corrected chi connectivity index (χ2v) is 5.91. The summed E-state index contributed by atoms with van der Waals surface area (Å²) in [5, 5.41) is 7.18. The van der Waals surface area contributed by atoms with E-state index in [1.807, 2.05) is 13.8 Å². The number of carbonyl (C=O) groups is 2. The lowest BCUT2D eigenvalue weighted by Gasteiger charge is -2.32. The van der Waals surface area contributed by atoms with Crippen molar-refractivity contribution in [2.45, 2.75) is 45.3 Å². The van der Waals surface area contributed by atoms with Crippen molar-refractivity contribution in [3.05, 3.63) is 11.4 Å². The van der Waals surface area contributed by atoms with Gasteiger partial charge in [0, 0.05) is 13.2 Å². The molecule has 0 saturated carbocycles.